The molecule has 11 heteroatoms. The van der Waals surface area contributed by atoms with E-state index in [0.717, 1.165) is 25.1 Å². The molecule has 40 heavy (non-hydrogen) atoms. The van der Waals surface area contributed by atoms with Crippen LogP contribution in [0.3, 0.4) is 0 Å². The summed E-state index contributed by atoms with van der Waals surface area (Å²) >= 11 is 0. The van der Waals surface area contributed by atoms with E-state index in [1.54, 1.807) is 49.6 Å². The zero-order chi connectivity index (χ0) is 28.3. The molecule has 2 aromatic heterocycles. The molecule has 2 atom stereocenters. The fraction of sp³-hybridized carbons (Fsp3) is 0.345. The van der Waals surface area contributed by atoms with Gasteiger partial charge in [0.05, 0.1) is 22.7 Å². The number of sulfonamides is 1. The topological polar surface area (TPSA) is 118 Å². The van der Waals surface area contributed by atoms with E-state index in [4.69, 9.17) is 9.72 Å². The van der Waals surface area contributed by atoms with Gasteiger partial charge in [-0.2, -0.15) is 0 Å². The fourth-order valence-electron chi connectivity index (χ4n) is 4.87. The van der Waals surface area contributed by atoms with Crippen LogP contribution in [0.1, 0.15) is 32.3 Å². The number of benzene rings is 2. The molecule has 0 radical (unpaired) electrons. The van der Waals surface area contributed by atoms with Crippen LogP contribution < -0.4 is 20.1 Å². The van der Waals surface area contributed by atoms with Gasteiger partial charge in [-0.25, -0.2) is 27.8 Å². The number of rotatable bonds is 9. The zero-order valence-corrected chi connectivity index (χ0v) is 23.6. The monoisotopic (exact) mass is 564 g/mol. The first-order valence-corrected chi connectivity index (χ1v) is 15.1. The number of hydrogen-bond donors (Lipinski definition) is 3. The predicted molar refractivity (Wildman–Crippen MR) is 156 cm³/mol. The van der Waals surface area contributed by atoms with Crippen LogP contribution >= 0.6 is 0 Å². The van der Waals surface area contributed by atoms with Crippen LogP contribution in [0.4, 0.5) is 16.0 Å². The number of ether oxygens (including phenoxy) is 1. The first kappa shape index (κ1) is 27.7. The lowest BCUT2D eigenvalue weighted by Crippen LogP contribution is -2.44. The highest BCUT2D eigenvalue weighted by atomic mass is 32.2. The number of nitrogens with zero attached hydrogens (tertiary/aromatic N) is 3. The summed E-state index contributed by atoms with van der Waals surface area (Å²) < 4.78 is 48.6. The van der Waals surface area contributed by atoms with E-state index in [2.05, 4.69) is 32.2 Å². The van der Waals surface area contributed by atoms with E-state index >= 15 is 0 Å². The molecule has 1 fully saturated rings. The first-order valence-electron chi connectivity index (χ1n) is 13.4. The molecule has 1 aliphatic rings. The molecule has 0 saturated carbocycles. The summed E-state index contributed by atoms with van der Waals surface area (Å²) in [5, 5.41) is 7.79. The summed E-state index contributed by atoms with van der Waals surface area (Å²) in [6.07, 6.45) is 4.81. The van der Waals surface area contributed by atoms with Gasteiger partial charge < -0.3 is 15.4 Å². The van der Waals surface area contributed by atoms with Gasteiger partial charge in [-0.15, -0.1) is 0 Å². The summed E-state index contributed by atoms with van der Waals surface area (Å²) in [6.45, 7) is 7.68. The number of pyridine rings is 1. The van der Waals surface area contributed by atoms with Crippen molar-refractivity contribution < 1.29 is 17.5 Å². The Labute approximate surface area is 233 Å². The smallest absolute Gasteiger partial charge is 0.232 e. The molecular weight excluding hydrogens is 531 g/mol. The molecule has 3 N–H and O–H groups in total. The van der Waals surface area contributed by atoms with E-state index in [-0.39, 0.29) is 17.5 Å². The van der Waals surface area contributed by atoms with Crippen molar-refractivity contribution in [1.29, 1.82) is 0 Å². The third-order valence-electron chi connectivity index (χ3n) is 7.07. The molecule has 0 spiro atoms. The molecule has 0 amide bonds. The normalized spacial score (nSPS) is 17.5. The van der Waals surface area contributed by atoms with Crippen LogP contribution in [-0.4, -0.2) is 48.3 Å². The molecule has 0 bridgehead atoms. The Morgan fingerprint density at radius 2 is 1.93 bits per heavy atom. The van der Waals surface area contributed by atoms with Crippen molar-refractivity contribution in [2.45, 2.75) is 39.7 Å². The highest BCUT2D eigenvalue weighted by Gasteiger charge is 2.23. The maximum Gasteiger partial charge on any atom is 0.232 e. The minimum Gasteiger partial charge on any atom is -0.437 e. The maximum atomic E-state index is 14.9. The van der Waals surface area contributed by atoms with Crippen LogP contribution in [0.25, 0.3) is 22.0 Å². The van der Waals surface area contributed by atoms with E-state index in [1.807, 2.05) is 13.0 Å². The molecule has 2 aromatic carbocycles. The molecule has 1 aliphatic heterocycles. The molecule has 0 aliphatic carbocycles. The Morgan fingerprint density at radius 3 is 2.73 bits per heavy atom. The fourth-order valence-corrected chi connectivity index (χ4v) is 6.02. The van der Waals surface area contributed by atoms with E-state index in [9.17, 15) is 12.8 Å². The van der Waals surface area contributed by atoms with E-state index in [1.165, 1.54) is 6.07 Å². The average molecular weight is 565 g/mol. The summed E-state index contributed by atoms with van der Waals surface area (Å²) in [7, 11) is -3.71. The molecule has 210 valence electrons. The predicted octanol–water partition coefficient (Wildman–Crippen LogP) is 5.49. The van der Waals surface area contributed by atoms with Crippen molar-refractivity contribution in [2.24, 2.45) is 5.92 Å². The maximum absolute atomic E-state index is 14.9. The standard InChI is InChI=1S/C29H33FN6O3S/c1-4-16-40(37,38)36-26-20-8-7-19(3)27(21(20)9-10-23(26)30)39-28-22(6-5-13-32-28)24-12-15-33-29(34-24)35-25-17-31-14-11-18(25)2/h5-10,12-13,15,18,25,31,36H,4,11,14,16-17H2,1-3H3,(H,33,34,35)/t18-,25-/m1/s1. The third kappa shape index (κ3) is 6.00. The number of aromatic nitrogens is 3. The molecule has 3 heterocycles. The van der Waals surface area contributed by atoms with Gasteiger partial charge in [0.15, 0.2) is 0 Å². The number of hydrogen-bond acceptors (Lipinski definition) is 8. The number of anilines is 2. The van der Waals surface area contributed by atoms with Crippen molar-refractivity contribution in [3.8, 4) is 22.9 Å². The Morgan fingerprint density at radius 1 is 1.10 bits per heavy atom. The Hall–Kier alpha value is -3.83. The molecular formula is C29H33FN6O3S. The Bertz CT molecular complexity index is 1630. The van der Waals surface area contributed by atoms with Crippen LogP contribution in [0.2, 0.25) is 0 Å². The molecule has 5 rings (SSSR count). The minimum absolute atomic E-state index is 0.102. The lowest BCUT2D eigenvalue weighted by molar-refractivity contribution is 0.365. The van der Waals surface area contributed by atoms with Crippen LogP contribution in [0.5, 0.6) is 11.6 Å². The van der Waals surface area contributed by atoms with Crippen molar-refractivity contribution in [2.75, 3.05) is 28.9 Å². The summed E-state index contributed by atoms with van der Waals surface area (Å²) in [4.78, 5) is 13.6. The number of fused-ring (bicyclic) bond motifs is 1. The first-order chi connectivity index (χ1) is 19.3. The van der Waals surface area contributed by atoms with E-state index in [0.29, 0.717) is 51.9 Å². The van der Waals surface area contributed by atoms with Crippen LogP contribution in [-0.2, 0) is 10.0 Å². The van der Waals surface area contributed by atoms with Crippen molar-refractivity contribution >= 4 is 32.4 Å². The van der Waals surface area contributed by atoms with Crippen molar-refractivity contribution in [3.63, 3.8) is 0 Å². The average Bonchev–Trinajstić information content (AvgIpc) is 2.93. The summed E-state index contributed by atoms with van der Waals surface area (Å²) in [6, 6.07) is 12.0. The largest absolute Gasteiger partial charge is 0.437 e. The van der Waals surface area contributed by atoms with Crippen LogP contribution in [0.15, 0.2) is 54.9 Å². The van der Waals surface area contributed by atoms with E-state index < -0.39 is 15.8 Å². The molecule has 9 nitrogen and oxygen atoms in total. The molecule has 4 aromatic rings. The summed E-state index contributed by atoms with van der Waals surface area (Å²) in [5.74, 6) is 0.996. The highest BCUT2D eigenvalue weighted by molar-refractivity contribution is 7.92. The molecule has 0 unspecified atom stereocenters. The van der Waals surface area contributed by atoms with Gasteiger partial charge in [0.2, 0.25) is 21.9 Å². The van der Waals surface area contributed by atoms with Gasteiger partial charge in [-0.1, -0.05) is 26.0 Å². The number of aryl methyl sites for hydroxylation is 1. The van der Waals surface area contributed by atoms with Gasteiger partial charge in [0.25, 0.3) is 0 Å². The van der Waals surface area contributed by atoms with Crippen molar-refractivity contribution in [1.82, 2.24) is 20.3 Å². The second kappa shape index (κ2) is 11.7. The summed E-state index contributed by atoms with van der Waals surface area (Å²) in [5.41, 5.74) is 1.97. The highest BCUT2D eigenvalue weighted by Crippen LogP contribution is 2.39. The second-order valence-electron chi connectivity index (χ2n) is 10.1. The van der Waals surface area contributed by atoms with Gasteiger partial charge >= 0.3 is 0 Å². The number of halogens is 1. The van der Waals surface area contributed by atoms with Gasteiger partial charge in [-0.05, 0) is 68.1 Å². The zero-order valence-electron chi connectivity index (χ0n) is 22.7. The minimum atomic E-state index is -3.71. The lowest BCUT2D eigenvalue weighted by Gasteiger charge is -2.30. The Kier molecular flexibility index (Phi) is 8.13. The van der Waals surface area contributed by atoms with Crippen LogP contribution in [0, 0.1) is 18.7 Å². The Balaban J connectivity index is 1.51. The number of piperidine rings is 1. The van der Waals surface area contributed by atoms with Gasteiger partial charge in [0, 0.05) is 35.8 Å². The second-order valence-corrected chi connectivity index (χ2v) is 11.9. The quantitative estimate of drug-likeness (QED) is 0.244. The van der Waals surface area contributed by atoms with Gasteiger partial charge in [0.1, 0.15) is 11.6 Å². The lowest BCUT2D eigenvalue weighted by atomic mass is 9.95. The third-order valence-corrected chi connectivity index (χ3v) is 8.53. The SMILES string of the molecule is CCCS(=O)(=O)Nc1c(F)ccc2c(Oc3ncccc3-c3ccnc(N[C@@H]4CNCC[C@H]4C)n3)c(C)ccc12. The van der Waals surface area contributed by atoms with Crippen molar-refractivity contribution in [3.05, 3.63) is 66.2 Å². The van der Waals surface area contributed by atoms with Gasteiger partial charge in [-0.3, -0.25) is 4.72 Å². The molecule has 1 saturated heterocycles. The number of nitrogens with one attached hydrogen (secondary N) is 3.